The highest BCUT2D eigenvalue weighted by molar-refractivity contribution is 5.82. The van der Waals surface area contributed by atoms with E-state index in [4.69, 9.17) is 0 Å². The first-order valence-electron chi connectivity index (χ1n) is 3.89. The van der Waals surface area contributed by atoms with Gasteiger partial charge in [-0.1, -0.05) is 12.1 Å². The van der Waals surface area contributed by atoms with Gasteiger partial charge in [-0.25, -0.2) is 8.78 Å². The van der Waals surface area contributed by atoms with Crippen LogP contribution in [0.3, 0.4) is 0 Å². The molecule has 2 nitrogen and oxygen atoms in total. The zero-order valence-electron chi connectivity index (χ0n) is 7.01. The van der Waals surface area contributed by atoms with Crippen LogP contribution in [0.25, 0.3) is 10.9 Å². The van der Waals surface area contributed by atoms with E-state index >= 15 is 0 Å². The number of halogens is 2. The molecule has 0 spiro atoms. The third kappa shape index (κ3) is 1.28. The van der Waals surface area contributed by atoms with E-state index in [0.717, 1.165) is 6.92 Å². The highest BCUT2D eigenvalue weighted by Gasteiger charge is 2.26. The monoisotopic (exact) mass is 182 g/mol. The largest absolute Gasteiger partial charge is 0.278 e. The van der Waals surface area contributed by atoms with Crippen molar-refractivity contribution in [3.8, 4) is 0 Å². The fourth-order valence-electron chi connectivity index (χ4n) is 1.35. The van der Waals surface area contributed by atoms with Crippen LogP contribution in [0, 0.1) is 0 Å². The van der Waals surface area contributed by atoms with E-state index in [-0.39, 0.29) is 5.56 Å². The molecule has 0 amide bonds. The third-order valence-corrected chi connectivity index (χ3v) is 1.96. The van der Waals surface area contributed by atoms with E-state index in [1.54, 1.807) is 12.1 Å². The van der Waals surface area contributed by atoms with Crippen molar-refractivity contribution < 1.29 is 8.78 Å². The van der Waals surface area contributed by atoms with E-state index in [0.29, 0.717) is 10.9 Å². The van der Waals surface area contributed by atoms with Gasteiger partial charge in [-0.05, 0) is 6.07 Å². The van der Waals surface area contributed by atoms with Gasteiger partial charge in [0.15, 0.2) is 0 Å². The highest BCUT2D eigenvalue weighted by Crippen LogP contribution is 2.31. The summed E-state index contributed by atoms with van der Waals surface area (Å²) in [6.45, 7) is 0.884. The second-order valence-corrected chi connectivity index (χ2v) is 3.03. The van der Waals surface area contributed by atoms with E-state index in [9.17, 15) is 8.78 Å². The maximum absolute atomic E-state index is 13.0. The molecule has 13 heavy (non-hydrogen) atoms. The van der Waals surface area contributed by atoms with Crippen LogP contribution in [0.2, 0.25) is 0 Å². The van der Waals surface area contributed by atoms with Gasteiger partial charge in [-0.2, -0.15) is 5.10 Å². The summed E-state index contributed by atoms with van der Waals surface area (Å²) in [7, 11) is 0. The molecule has 0 radical (unpaired) electrons. The number of alkyl halides is 2. The van der Waals surface area contributed by atoms with Crippen LogP contribution in [0.4, 0.5) is 8.78 Å². The summed E-state index contributed by atoms with van der Waals surface area (Å²) in [5, 5.41) is 6.85. The Hall–Kier alpha value is -1.45. The quantitative estimate of drug-likeness (QED) is 0.721. The number of benzene rings is 1. The molecule has 0 saturated heterocycles. The van der Waals surface area contributed by atoms with Crippen LogP contribution in [-0.4, -0.2) is 10.2 Å². The Balaban J connectivity index is 2.75. The first-order valence-corrected chi connectivity index (χ1v) is 3.89. The van der Waals surface area contributed by atoms with Crippen molar-refractivity contribution in [1.29, 1.82) is 0 Å². The predicted molar refractivity (Wildman–Crippen MR) is 45.7 cm³/mol. The van der Waals surface area contributed by atoms with Gasteiger partial charge in [0.05, 0.1) is 11.7 Å². The van der Waals surface area contributed by atoms with E-state index in [1.807, 2.05) is 0 Å². The smallest absolute Gasteiger partial charge is 0.271 e. The van der Waals surface area contributed by atoms with Crippen molar-refractivity contribution in [1.82, 2.24) is 10.2 Å². The SMILES string of the molecule is CC(F)(F)c1cccc2[nH]ncc12. The summed E-state index contributed by atoms with van der Waals surface area (Å²) >= 11 is 0. The number of aromatic amines is 1. The summed E-state index contributed by atoms with van der Waals surface area (Å²) in [5.74, 6) is -2.82. The molecule has 0 saturated carbocycles. The molecule has 1 aromatic carbocycles. The van der Waals surface area contributed by atoms with Gasteiger partial charge < -0.3 is 0 Å². The second-order valence-electron chi connectivity index (χ2n) is 3.03. The van der Waals surface area contributed by atoms with Crippen LogP contribution in [0.5, 0.6) is 0 Å². The lowest BCUT2D eigenvalue weighted by molar-refractivity contribution is 0.0191. The number of aromatic nitrogens is 2. The highest BCUT2D eigenvalue weighted by atomic mass is 19.3. The Morgan fingerprint density at radius 2 is 2.15 bits per heavy atom. The summed E-state index contributed by atoms with van der Waals surface area (Å²) < 4.78 is 26.0. The Labute approximate surface area is 73.6 Å². The Morgan fingerprint density at radius 1 is 1.38 bits per heavy atom. The maximum Gasteiger partial charge on any atom is 0.271 e. The van der Waals surface area contributed by atoms with Gasteiger partial charge in [0, 0.05) is 17.9 Å². The Morgan fingerprint density at radius 3 is 2.85 bits per heavy atom. The number of hydrogen-bond donors (Lipinski definition) is 1. The fourth-order valence-corrected chi connectivity index (χ4v) is 1.35. The molecule has 0 aliphatic rings. The third-order valence-electron chi connectivity index (χ3n) is 1.96. The molecule has 0 atom stereocenters. The van der Waals surface area contributed by atoms with Gasteiger partial charge in [-0.3, -0.25) is 5.10 Å². The van der Waals surface area contributed by atoms with Crippen molar-refractivity contribution in [3.63, 3.8) is 0 Å². The summed E-state index contributed by atoms with van der Waals surface area (Å²) in [6, 6.07) is 4.72. The first kappa shape index (κ1) is 8.16. The van der Waals surface area contributed by atoms with Crippen molar-refractivity contribution >= 4 is 10.9 Å². The molecular weight excluding hydrogens is 174 g/mol. The number of rotatable bonds is 1. The van der Waals surface area contributed by atoms with Crippen molar-refractivity contribution in [2.45, 2.75) is 12.8 Å². The molecule has 0 fully saturated rings. The van der Waals surface area contributed by atoms with Crippen molar-refractivity contribution in [2.24, 2.45) is 0 Å². The minimum absolute atomic E-state index is 0.0127. The molecule has 1 aromatic heterocycles. The van der Waals surface area contributed by atoms with Gasteiger partial charge in [0.2, 0.25) is 0 Å². The number of nitrogens with one attached hydrogen (secondary N) is 1. The zero-order chi connectivity index (χ0) is 9.47. The minimum Gasteiger partial charge on any atom is -0.278 e. The van der Waals surface area contributed by atoms with Gasteiger partial charge in [0.25, 0.3) is 5.92 Å². The van der Waals surface area contributed by atoms with E-state index in [1.165, 1.54) is 12.3 Å². The molecule has 0 aliphatic heterocycles. The molecule has 2 rings (SSSR count). The molecule has 0 aliphatic carbocycles. The standard InChI is InChI=1S/C9H8F2N2/c1-9(10,11)7-3-2-4-8-6(7)5-12-13-8/h2-5H,1H3,(H,12,13). The molecule has 1 N–H and O–H groups in total. The topological polar surface area (TPSA) is 28.7 Å². The lowest BCUT2D eigenvalue weighted by atomic mass is 10.1. The second kappa shape index (κ2) is 2.52. The number of hydrogen-bond acceptors (Lipinski definition) is 1. The molecule has 68 valence electrons. The average molecular weight is 182 g/mol. The van der Waals surface area contributed by atoms with Gasteiger partial charge >= 0.3 is 0 Å². The Bertz CT molecular complexity index is 428. The number of nitrogens with zero attached hydrogens (tertiary/aromatic N) is 1. The Kier molecular flexibility index (Phi) is 1.58. The average Bonchev–Trinajstić information content (AvgIpc) is 2.48. The summed E-state index contributed by atoms with van der Waals surface area (Å²) in [4.78, 5) is 0. The molecule has 0 unspecified atom stereocenters. The lowest BCUT2D eigenvalue weighted by Gasteiger charge is -2.10. The number of H-pyrrole nitrogens is 1. The van der Waals surface area contributed by atoms with E-state index < -0.39 is 5.92 Å². The molecule has 1 heterocycles. The maximum atomic E-state index is 13.0. The fraction of sp³-hybridized carbons (Fsp3) is 0.222. The normalized spacial score (nSPS) is 12.2. The van der Waals surface area contributed by atoms with Gasteiger partial charge in [-0.15, -0.1) is 0 Å². The molecule has 0 bridgehead atoms. The first-order chi connectivity index (χ1) is 6.09. The molecular formula is C9H8F2N2. The number of fused-ring (bicyclic) bond motifs is 1. The van der Waals surface area contributed by atoms with Crippen LogP contribution < -0.4 is 0 Å². The van der Waals surface area contributed by atoms with Gasteiger partial charge in [0.1, 0.15) is 0 Å². The van der Waals surface area contributed by atoms with Crippen molar-refractivity contribution in [3.05, 3.63) is 30.0 Å². The zero-order valence-corrected chi connectivity index (χ0v) is 7.01. The van der Waals surface area contributed by atoms with Crippen molar-refractivity contribution in [2.75, 3.05) is 0 Å². The molecule has 2 aromatic rings. The lowest BCUT2D eigenvalue weighted by Crippen LogP contribution is -2.06. The van der Waals surface area contributed by atoms with Crippen LogP contribution >= 0.6 is 0 Å². The molecule has 4 heteroatoms. The minimum atomic E-state index is -2.82. The summed E-state index contributed by atoms with van der Waals surface area (Å²) in [5.41, 5.74) is 0.651. The predicted octanol–water partition coefficient (Wildman–Crippen LogP) is 2.67. The summed E-state index contributed by atoms with van der Waals surface area (Å²) in [6.07, 6.45) is 1.42. The van der Waals surface area contributed by atoms with E-state index in [2.05, 4.69) is 10.2 Å². The van der Waals surface area contributed by atoms with Crippen LogP contribution in [0.15, 0.2) is 24.4 Å². The van der Waals surface area contributed by atoms with Crippen LogP contribution in [-0.2, 0) is 5.92 Å². The van der Waals surface area contributed by atoms with Crippen LogP contribution in [0.1, 0.15) is 12.5 Å².